The third-order valence-corrected chi connectivity index (χ3v) is 1.19. The molecule has 0 fully saturated rings. The molecule has 0 amide bonds. The van der Waals surface area contributed by atoms with Gasteiger partial charge < -0.3 is 5.73 Å². The average molecular weight is 161 g/mol. The summed E-state index contributed by atoms with van der Waals surface area (Å²) in [7, 11) is 0. The molecular formula is C9H11N3. The zero-order valence-corrected chi connectivity index (χ0v) is 6.94. The van der Waals surface area contributed by atoms with Gasteiger partial charge in [-0.3, -0.25) is 0 Å². The third kappa shape index (κ3) is 2.96. The van der Waals surface area contributed by atoms with Crippen LogP contribution in [0.15, 0.2) is 41.2 Å². The van der Waals surface area contributed by atoms with Gasteiger partial charge in [0, 0.05) is 18.1 Å². The van der Waals surface area contributed by atoms with Crippen LogP contribution in [0.5, 0.6) is 0 Å². The number of rotatable bonds is 2. The molecule has 1 heterocycles. The van der Waals surface area contributed by atoms with E-state index in [0.29, 0.717) is 5.82 Å². The predicted molar refractivity (Wildman–Crippen MR) is 50.3 cm³/mol. The Labute approximate surface area is 71.7 Å². The highest BCUT2D eigenvalue weighted by atomic mass is 14.9. The Morgan fingerprint density at radius 3 is 3.00 bits per heavy atom. The van der Waals surface area contributed by atoms with Crippen LogP contribution in [0.1, 0.15) is 6.92 Å². The van der Waals surface area contributed by atoms with Crippen molar-refractivity contribution in [3.63, 3.8) is 0 Å². The minimum atomic E-state index is 0.690. The van der Waals surface area contributed by atoms with Crippen LogP contribution in [-0.2, 0) is 0 Å². The van der Waals surface area contributed by atoms with Gasteiger partial charge in [-0.2, -0.15) is 0 Å². The zero-order chi connectivity index (χ0) is 8.81. The first-order valence-electron chi connectivity index (χ1n) is 3.66. The summed E-state index contributed by atoms with van der Waals surface area (Å²) in [5.74, 6) is 0.690. The van der Waals surface area contributed by atoms with Gasteiger partial charge in [0.1, 0.15) is 0 Å². The molecule has 62 valence electrons. The second kappa shape index (κ2) is 4.28. The molecule has 1 rings (SSSR count). The molecule has 0 aliphatic heterocycles. The molecule has 0 saturated heterocycles. The fourth-order valence-corrected chi connectivity index (χ4v) is 0.661. The molecule has 12 heavy (non-hydrogen) atoms. The Kier molecular flexibility index (Phi) is 3.02. The quantitative estimate of drug-likeness (QED) is 0.670. The Bertz CT molecular complexity index is 284. The SMILES string of the molecule is C/C(N)=C/C=N/c1ccccn1. The molecule has 0 unspecified atom stereocenters. The monoisotopic (exact) mass is 161 g/mol. The van der Waals surface area contributed by atoms with E-state index in [1.54, 1.807) is 18.5 Å². The van der Waals surface area contributed by atoms with E-state index in [-0.39, 0.29) is 0 Å². The summed E-state index contributed by atoms with van der Waals surface area (Å²) in [4.78, 5) is 8.06. The van der Waals surface area contributed by atoms with Crippen molar-refractivity contribution >= 4 is 12.0 Å². The Balaban J connectivity index is 2.64. The summed E-state index contributed by atoms with van der Waals surface area (Å²) in [6.07, 6.45) is 5.07. The second-order valence-corrected chi connectivity index (χ2v) is 2.38. The maximum atomic E-state index is 5.41. The van der Waals surface area contributed by atoms with Crippen molar-refractivity contribution in [1.82, 2.24) is 4.98 Å². The van der Waals surface area contributed by atoms with Crippen LogP contribution in [-0.4, -0.2) is 11.2 Å². The van der Waals surface area contributed by atoms with E-state index < -0.39 is 0 Å². The maximum Gasteiger partial charge on any atom is 0.151 e. The van der Waals surface area contributed by atoms with Crippen LogP contribution in [0.4, 0.5) is 5.82 Å². The van der Waals surface area contributed by atoms with Crippen LogP contribution >= 0.6 is 0 Å². The van der Waals surface area contributed by atoms with E-state index in [1.165, 1.54) is 0 Å². The summed E-state index contributed by atoms with van der Waals surface area (Å²) in [5, 5.41) is 0. The van der Waals surface area contributed by atoms with Gasteiger partial charge in [-0.25, -0.2) is 9.98 Å². The Morgan fingerprint density at radius 1 is 1.58 bits per heavy atom. The number of nitrogens with zero attached hydrogens (tertiary/aromatic N) is 2. The van der Waals surface area contributed by atoms with Crippen LogP contribution in [0.2, 0.25) is 0 Å². The highest BCUT2D eigenvalue weighted by Crippen LogP contribution is 2.02. The van der Waals surface area contributed by atoms with Crippen molar-refractivity contribution in [3.05, 3.63) is 36.2 Å². The van der Waals surface area contributed by atoms with Gasteiger partial charge in [0.2, 0.25) is 0 Å². The molecule has 3 nitrogen and oxygen atoms in total. The Hall–Kier alpha value is -1.64. The first-order valence-corrected chi connectivity index (χ1v) is 3.66. The van der Waals surface area contributed by atoms with Crippen LogP contribution in [0, 0.1) is 0 Å². The van der Waals surface area contributed by atoms with E-state index in [9.17, 15) is 0 Å². The smallest absolute Gasteiger partial charge is 0.151 e. The van der Waals surface area contributed by atoms with E-state index >= 15 is 0 Å². The van der Waals surface area contributed by atoms with Gasteiger partial charge >= 0.3 is 0 Å². The highest BCUT2D eigenvalue weighted by molar-refractivity contribution is 5.74. The number of aromatic nitrogens is 1. The lowest BCUT2D eigenvalue weighted by atomic mass is 10.4. The number of hydrogen-bond donors (Lipinski definition) is 1. The topological polar surface area (TPSA) is 51.3 Å². The highest BCUT2D eigenvalue weighted by Gasteiger charge is 1.82. The van der Waals surface area contributed by atoms with Crippen molar-refractivity contribution in [2.45, 2.75) is 6.92 Å². The maximum absolute atomic E-state index is 5.41. The predicted octanol–water partition coefficient (Wildman–Crippen LogP) is 1.65. The van der Waals surface area contributed by atoms with Crippen molar-refractivity contribution in [2.75, 3.05) is 0 Å². The lowest BCUT2D eigenvalue weighted by Crippen LogP contribution is -1.89. The minimum absolute atomic E-state index is 0.690. The van der Waals surface area contributed by atoms with E-state index in [1.807, 2.05) is 25.1 Å². The van der Waals surface area contributed by atoms with Gasteiger partial charge in [-0.1, -0.05) is 6.07 Å². The molecular weight excluding hydrogens is 150 g/mol. The number of nitrogens with two attached hydrogens (primary N) is 1. The first kappa shape index (κ1) is 8.46. The number of allylic oxidation sites excluding steroid dienone is 2. The molecule has 2 N–H and O–H groups in total. The lowest BCUT2D eigenvalue weighted by Gasteiger charge is -1.88. The molecule has 0 bridgehead atoms. The summed E-state index contributed by atoms with van der Waals surface area (Å²) >= 11 is 0. The van der Waals surface area contributed by atoms with Gasteiger partial charge in [-0.05, 0) is 25.1 Å². The van der Waals surface area contributed by atoms with E-state index in [4.69, 9.17) is 5.73 Å². The second-order valence-electron chi connectivity index (χ2n) is 2.38. The largest absolute Gasteiger partial charge is 0.402 e. The van der Waals surface area contributed by atoms with Crippen molar-refractivity contribution in [3.8, 4) is 0 Å². The van der Waals surface area contributed by atoms with Crippen molar-refractivity contribution in [2.24, 2.45) is 10.7 Å². The number of hydrogen-bond acceptors (Lipinski definition) is 3. The standard InChI is InChI=1S/C9H11N3/c1-8(10)5-7-12-9-4-2-3-6-11-9/h2-7H,10H2,1H3/b8-5-,12-7+. The van der Waals surface area contributed by atoms with Gasteiger partial charge in [0.05, 0.1) is 0 Å². The summed E-state index contributed by atoms with van der Waals surface area (Å²) < 4.78 is 0. The molecule has 0 spiro atoms. The molecule has 0 radical (unpaired) electrons. The number of aliphatic imine (C=N–C) groups is 1. The normalized spacial score (nSPS) is 12.2. The summed E-state index contributed by atoms with van der Waals surface area (Å²) in [6.45, 7) is 1.81. The van der Waals surface area contributed by atoms with Crippen molar-refractivity contribution < 1.29 is 0 Å². The third-order valence-electron chi connectivity index (χ3n) is 1.19. The van der Waals surface area contributed by atoms with Crippen LogP contribution in [0.3, 0.4) is 0 Å². The van der Waals surface area contributed by atoms with Gasteiger partial charge in [0.25, 0.3) is 0 Å². The molecule has 0 saturated carbocycles. The van der Waals surface area contributed by atoms with Gasteiger partial charge in [0.15, 0.2) is 5.82 Å². The molecule has 0 aliphatic carbocycles. The summed E-state index contributed by atoms with van der Waals surface area (Å²) in [5.41, 5.74) is 6.14. The molecule has 0 aliphatic rings. The molecule has 0 atom stereocenters. The molecule has 1 aromatic heterocycles. The molecule has 1 aromatic rings. The minimum Gasteiger partial charge on any atom is -0.402 e. The number of pyridine rings is 1. The van der Waals surface area contributed by atoms with E-state index in [2.05, 4.69) is 9.98 Å². The van der Waals surface area contributed by atoms with Crippen molar-refractivity contribution in [1.29, 1.82) is 0 Å². The van der Waals surface area contributed by atoms with Gasteiger partial charge in [-0.15, -0.1) is 0 Å². The first-order chi connectivity index (χ1) is 5.79. The summed E-state index contributed by atoms with van der Waals surface area (Å²) in [6, 6.07) is 5.57. The Morgan fingerprint density at radius 2 is 2.42 bits per heavy atom. The van der Waals surface area contributed by atoms with Crippen LogP contribution < -0.4 is 5.73 Å². The average Bonchev–Trinajstić information content (AvgIpc) is 2.05. The van der Waals surface area contributed by atoms with E-state index in [0.717, 1.165) is 5.70 Å². The van der Waals surface area contributed by atoms with Crippen LogP contribution in [0.25, 0.3) is 0 Å². The molecule has 3 heteroatoms. The molecule has 0 aromatic carbocycles. The lowest BCUT2D eigenvalue weighted by molar-refractivity contribution is 1.28. The zero-order valence-electron chi connectivity index (χ0n) is 6.94. The fourth-order valence-electron chi connectivity index (χ4n) is 0.661. The fraction of sp³-hybridized carbons (Fsp3) is 0.111.